The van der Waals surface area contributed by atoms with Crippen LogP contribution in [0.4, 0.5) is 0 Å². The zero-order valence-corrected chi connectivity index (χ0v) is 12.7. The first kappa shape index (κ1) is 15.0. The predicted molar refractivity (Wildman–Crippen MR) is 74.8 cm³/mol. The molecule has 0 unspecified atom stereocenters. The lowest BCUT2D eigenvalue weighted by Crippen LogP contribution is -2.21. The zero-order chi connectivity index (χ0) is 14.9. The lowest BCUT2D eigenvalue weighted by Gasteiger charge is -2.09. The molecule has 0 aromatic carbocycles. The van der Waals surface area contributed by atoms with Gasteiger partial charge in [0.1, 0.15) is 5.69 Å². The summed E-state index contributed by atoms with van der Waals surface area (Å²) < 4.78 is 3.04. The molecule has 0 saturated heterocycles. The van der Waals surface area contributed by atoms with Crippen LogP contribution in [-0.4, -0.2) is 40.0 Å². The Morgan fingerprint density at radius 1 is 1.30 bits per heavy atom. The molecule has 6 nitrogen and oxygen atoms in total. The third-order valence-corrected chi connectivity index (χ3v) is 2.80. The van der Waals surface area contributed by atoms with Gasteiger partial charge in [-0.15, -0.1) is 0 Å². The molecular weight excluding hydrogens is 327 g/mol. The van der Waals surface area contributed by atoms with E-state index in [4.69, 9.17) is 39.3 Å². The quantitative estimate of drug-likeness (QED) is 0.789. The van der Waals surface area contributed by atoms with Crippen molar-refractivity contribution in [1.82, 2.24) is 20.0 Å². The summed E-state index contributed by atoms with van der Waals surface area (Å²) in [7, 11) is 3.31. The standard InChI is InChI=1S/C11H9Cl3N4O2/c1-18(2)9(19)6-3-4-7(15-5-6)8-16-10(20-17-8)11(12,13)14/h3-5H,1-2H3. The number of rotatable bonds is 2. The number of amides is 1. The molecule has 0 saturated carbocycles. The Morgan fingerprint density at radius 2 is 2.00 bits per heavy atom. The molecule has 1 amide bonds. The predicted octanol–water partition coefficient (Wildman–Crippen LogP) is 2.66. The number of hydrogen-bond donors (Lipinski definition) is 0. The summed E-state index contributed by atoms with van der Waals surface area (Å²) in [6.45, 7) is 0. The highest BCUT2D eigenvalue weighted by Crippen LogP contribution is 2.37. The van der Waals surface area contributed by atoms with E-state index >= 15 is 0 Å². The van der Waals surface area contributed by atoms with E-state index in [-0.39, 0.29) is 17.6 Å². The van der Waals surface area contributed by atoms with Gasteiger partial charge < -0.3 is 9.42 Å². The normalized spacial score (nSPS) is 11.4. The molecule has 2 rings (SSSR count). The molecule has 0 aliphatic heterocycles. The molecule has 0 N–H and O–H groups in total. The van der Waals surface area contributed by atoms with Gasteiger partial charge in [-0.05, 0) is 12.1 Å². The molecule has 9 heteroatoms. The second kappa shape index (κ2) is 5.55. The number of nitrogens with zero attached hydrogens (tertiary/aromatic N) is 4. The minimum absolute atomic E-state index is 0.146. The first-order valence-corrected chi connectivity index (χ1v) is 6.51. The Labute approximate surface area is 129 Å². The third kappa shape index (κ3) is 3.20. The second-order valence-corrected chi connectivity index (χ2v) is 6.33. The molecule has 0 bridgehead atoms. The Bertz CT molecular complexity index is 619. The van der Waals surface area contributed by atoms with Crippen molar-refractivity contribution in [2.24, 2.45) is 0 Å². The molecule has 0 aliphatic carbocycles. The molecular formula is C11H9Cl3N4O2. The zero-order valence-electron chi connectivity index (χ0n) is 10.5. The number of pyridine rings is 1. The van der Waals surface area contributed by atoms with Gasteiger partial charge in [0.25, 0.3) is 15.6 Å². The van der Waals surface area contributed by atoms with Crippen molar-refractivity contribution in [2.45, 2.75) is 3.79 Å². The first-order valence-electron chi connectivity index (χ1n) is 5.38. The van der Waals surface area contributed by atoms with Gasteiger partial charge in [0.05, 0.1) is 5.56 Å². The number of hydrogen-bond acceptors (Lipinski definition) is 5. The van der Waals surface area contributed by atoms with Crippen molar-refractivity contribution >= 4 is 40.7 Å². The molecule has 0 aliphatic rings. The van der Waals surface area contributed by atoms with Crippen LogP contribution in [0.1, 0.15) is 16.2 Å². The van der Waals surface area contributed by atoms with Crippen LogP contribution in [0.15, 0.2) is 22.9 Å². The largest absolute Gasteiger partial charge is 0.345 e. The van der Waals surface area contributed by atoms with E-state index in [2.05, 4.69) is 15.1 Å². The van der Waals surface area contributed by atoms with Crippen molar-refractivity contribution in [2.75, 3.05) is 14.1 Å². The Balaban J connectivity index is 2.27. The Hall–Kier alpha value is -1.37. The monoisotopic (exact) mass is 334 g/mol. The van der Waals surface area contributed by atoms with Gasteiger partial charge in [-0.25, -0.2) is 0 Å². The van der Waals surface area contributed by atoms with Crippen molar-refractivity contribution in [3.63, 3.8) is 0 Å². The summed E-state index contributed by atoms with van der Waals surface area (Å²) in [5, 5.41) is 3.67. The maximum Gasteiger partial charge on any atom is 0.279 e. The van der Waals surface area contributed by atoms with E-state index < -0.39 is 3.79 Å². The van der Waals surface area contributed by atoms with Crippen molar-refractivity contribution in [3.8, 4) is 11.5 Å². The minimum atomic E-state index is -1.79. The fourth-order valence-electron chi connectivity index (χ4n) is 1.35. The van der Waals surface area contributed by atoms with E-state index in [9.17, 15) is 4.79 Å². The third-order valence-electron chi connectivity index (χ3n) is 2.31. The van der Waals surface area contributed by atoms with Gasteiger partial charge in [-0.2, -0.15) is 4.98 Å². The number of halogens is 3. The fourth-order valence-corrected chi connectivity index (χ4v) is 1.58. The summed E-state index contributed by atoms with van der Waals surface area (Å²) in [5.41, 5.74) is 0.855. The Morgan fingerprint density at radius 3 is 2.45 bits per heavy atom. The van der Waals surface area contributed by atoms with Crippen molar-refractivity contribution < 1.29 is 9.32 Å². The lowest BCUT2D eigenvalue weighted by molar-refractivity contribution is 0.0827. The topological polar surface area (TPSA) is 72.1 Å². The van der Waals surface area contributed by atoms with Gasteiger partial charge in [-0.3, -0.25) is 9.78 Å². The first-order chi connectivity index (χ1) is 9.29. The summed E-state index contributed by atoms with van der Waals surface area (Å²) in [5.74, 6) is -0.123. The van der Waals surface area contributed by atoms with Crippen LogP contribution in [0.3, 0.4) is 0 Å². The molecule has 2 aromatic heterocycles. The number of carbonyl (C=O) groups is 1. The van der Waals surface area contributed by atoms with Gasteiger partial charge in [0.15, 0.2) is 0 Å². The van der Waals surface area contributed by atoms with E-state index in [0.29, 0.717) is 11.3 Å². The number of aromatic nitrogens is 3. The summed E-state index contributed by atoms with van der Waals surface area (Å²) >= 11 is 16.9. The summed E-state index contributed by atoms with van der Waals surface area (Å²) in [4.78, 5) is 21.2. The smallest absolute Gasteiger partial charge is 0.279 e. The average Bonchev–Trinajstić information content (AvgIpc) is 2.87. The van der Waals surface area contributed by atoms with E-state index in [1.165, 1.54) is 11.1 Å². The van der Waals surface area contributed by atoms with E-state index in [1.807, 2.05) is 0 Å². The molecule has 0 fully saturated rings. The molecule has 0 atom stereocenters. The van der Waals surface area contributed by atoms with Gasteiger partial charge in [0.2, 0.25) is 5.82 Å². The Kier molecular flexibility index (Phi) is 4.17. The summed E-state index contributed by atoms with van der Waals surface area (Å²) in [6, 6.07) is 3.19. The van der Waals surface area contributed by atoms with E-state index in [0.717, 1.165) is 0 Å². The maximum atomic E-state index is 11.7. The van der Waals surface area contributed by atoms with Crippen LogP contribution in [0.5, 0.6) is 0 Å². The highest BCUT2D eigenvalue weighted by Gasteiger charge is 2.31. The molecule has 0 radical (unpaired) electrons. The van der Waals surface area contributed by atoms with Crippen LogP contribution in [0.2, 0.25) is 0 Å². The SMILES string of the molecule is CN(C)C(=O)c1ccc(-c2noc(C(Cl)(Cl)Cl)n2)nc1. The fraction of sp³-hybridized carbons (Fsp3) is 0.273. The highest BCUT2D eigenvalue weighted by atomic mass is 35.6. The van der Waals surface area contributed by atoms with Crippen molar-refractivity contribution in [1.29, 1.82) is 0 Å². The van der Waals surface area contributed by atoms with Crippen LogP contribution in [0.25, 0.3) is 11.5 Å². The minimum Gasteiger partial charge on any atom is -0.345 e. The molecule has 106 valence electrons. The average molecular weight is 336 g/mol. The number of alkyl halides is 3. The van der Waals surface area contributed by atoms with Gasteiger partial charge in [-0.1, -0.05) is 40.0 Å². The summed E-state index contributed by atoms with van der Waals surface area (Å²) in [6.07, 6.45) is 1.42. The van der Waals surface area contributed by atoms with Gasteiger partial charge >= 0.3 is 0 Å². The number of carbonyl (C=O) groups excluding carboxylic acids is 1. The molecule has 2 heterocycles. The van der Waals surface area contributed by atoms with Crippen LogP contribution >= 0.6 is 34.8 Å². The van der Waals surface area contributed by atoms with Crippen molar-refractivity contribution in [3.05, 3.63) is 29.8 Å². The highest BCUT2D eigenvalue weighted by molar-refractivity contribution is 6.66. The van der Waals surface area contributed by atoms with Crippen LogP contribution in [-0.2, 0) is 3.79 Å². The molecule has 2 aromatic rings. The van der Waals surface area contributed by atoms with Gasteiger partial charge in [0, 0.05) is 20.3 Å². The van der Waals surface area contributed by atoms with Crippen LogP contribution < -0.4 is 0 Å². The second-order valence-electron chi connectivity index (χ2n) is 4.05. The van der Waals surface area contributed by atoms with E-state index in [1.54, 1.807) is 26.2 Å². The maximum absolute atomic E-state index is 11.7. The molecule has 0 spiro atoms. The lowest BCUT2D eigenvalue weighted by atomic mass is 10.2. The molecule has 20 heavy (non-hydrogen) atoms. The van der Waals surface area contributed by atoms with Crippen LogP contribution in [0, 0.1) is 0 Å².